The van der Waals surface area contributed by atoms with E-state index >= 15 is 0 Å². The number of hydrogen-bond donors (Lipinski definition) is 0. The minimum atomic E-state index is 1.00. The molecule has 0 spiro atoms. The van der Waals surface area contributed by atoms with E-state index in [1.54, 1.807) is 0 Å². The van der Waals surface area contributed by atoms with Crippen molar-refractivity contribution in [1.29, 1.82) is 0 Å². The Bertz CT molecular complexity index is 401. The maximum absolute atomic E-state index is 4.44. The fraction of sp³-hybridized carbons (Fsp3) is 0.300. The quantitative estimate of drug-likeness (QED) is 0.625. The van der Waals surface area contributed by atoms with Gasteiger partial charge in [0, 0.05) is 12.4 Å². The third kappa shape index (κ3) is 1.09. The molecule has 0 aliphatic rings. The van der Waals surface area contributed by atoms with Crippen molar-refractivity contribution in [3.63, 3.8) is 0 Å². The van der Waals surface area contributed by atoms with Crippen molar-refractivity contribution in [2.75, 3.05) is 0 Å². The molecule has 0 fully saturated rings. The van der Waals surface area contributed by atoms with Crippen LogP contribution in [-0.2, 0) is 6.42 Å². The molecular formula is C10H12N2. The first-order chi connectivity index (χ1) is 5.79. The van der Waals surface area contributed by atoms with Crippen LogP contribution in [0.2, 0.25) is 0 Å². The first-order valence-corrected chi connectivity index (χ1v) is 4.24. The van der Waals surface area contributed by atoms with Crippen LogP contribution in [0.4, 0.5) is 0 Å². The maximum Gasteiger partial charge on any atom is 0.136 e. The largest absolute Gasteiger partial charge is 0.307 e. The lowest BCUT2D eigenvalue weighted by molar-refractivity contribution is 1.07. The lowest BCUT2D eigenvalue weighted by Crippen LogP contribution is -1.82. The zero-order valence-corrected chi connectivity index (χ0v) is 7.41. The van der Waals surface area contributed by atoms with Gasteiger partial charge in [-0.05, 0) is 25.0 Å². The summed E-state index contributed by atoms with van der Waals surface area (Å²) in [4.78, 5) is 4.44. The highest BCUT2D eigenvalue weighted by atomic mass is 15.0. The smallest absolute Gasteiger partial charge is 0.136 e. The Kier molecular flexibility index (Phi) is 1.61. The summed E-state index contributed by atoms with van der Waals surface area (Å²) >= 11 is 0. The molecule has 2 heterocycles. The lowest BCUT2D eigenvalue weighted by Gasteiger charge is -1.92. The topological polar surface area (TPSA) is 17.3 Å². The molecule has 2 rings (SSSR count). The SMILES string of the molecule is CCc1cn2cc(C)ccc2n1. The summed E-state index contributed by atoms with van der Waals surface area (Å²) in [6.45, 7) is 4.21. The Hall–Kier alpha value is -1.31. The fourth-order valence-electron chi connectivity index (χ4n) is 1.33. The van der Waals surface area contributed by atoms with Crippen molar-refractivity contribution in [2.45, 2.75) is 20.3 Å². The van der Waals surface area contributed by atoms with E-state index in [0.29, 0.717) is 0 Å². The monoisotopic (exact) mass is 160 g/mol. The van der Waals surface area contributed by atoms with Gasteiger partial charge in [0.1, 0.15) is 5.65 Å². The predicted octanol–water partition coefficient (Wildman–Crippen LogP) is 2.21. The van der Waals surface area contributed by atoms with Gasteiger partial charge in [-0.3, -0.25) is 0 Å². The van der Waals surface area contributed by atoms with Crippen LogP contribution < -0.4 is 0 Å². The van der Waals surface area contributed by atoms with Crippen molar-refractivity contribution in [2.24, 2.45) is 0 Å². The zero-order valence-electron chi connectivity index (χ0n) is 7.41. The number of aromatic nitrogens is 2. The molecule has 0 unspecified atom stereocenters. The van der Waals surface area contributed by atoms with Crippen molar-refractivity contribution in [1.82, 2.24) is 9.38 Å². The van der Waals surface area contributed by atoms with Gasteiger partial charge in [0.25, 0.3) is 0 Å². The molecular weight excluding hydrogens is 148 g/mol. The number of fused-ring (bicyclic) bond motifs is 1. The van der Waals surface area contributed by atoms with Crippen LogP contribution in [0.25, 0.3) is 5.65 Å². The van der Waals surface area contributed by atoms with E-state index in [4.69, 9.17) is 0 Å². The van der Waals surface area contributed by atoms with Gasteiger partial charge in [-0.2, -0.15) is 0 Å². The molecule has 2 heteroatoms. The molecule has 0 amide bonds. The summed E-state index contributed by atoms with van der Waals surface area (Å²) in [5.74, 6) is 0. The van der Waals surface area contributed by atoms with E-state index in [0.717, 1.165) is 17.8 Å². The normalized spacial score (nSPS) is 10.8. The number of imidazole rings is 1. The Morgan fingerprint density at radius 3 is 2.92 bits per heavy atom. The molecule has 2 nitrogen and oxygen atoms in total. The summed E-state index contributed by atoms with van der Waals surface area (Å²) < 4.78 is 2.08. The maximum atomic E-state index is 4.44. The Morgan fingerprint density at radius 2 is 2.17 bits per heavy atom. The summed E-state index contributed by atoms with van der Waals surface area (Å²) in [6, 6.07) is 4.14. The van der Waals surface area contributed by atoms with E-state index < -0.39 is 0 Å². The molecule has 0 bridgehead atoms. The highest BCUT2D eigenvalue weighted by molar-refractivity contribution is 5.41. The standard InChI is InChI=1S/C10H12N2/c1-3-9-7-12-6-8(2)4-5-10(12)11-9/h4-7H,3H2,1-2H3. The molecule has 2 aromatic heterocycles. The molecule has 0 saturated carbocycles. The molecule has 0 aromatic carbocycles. The van der Waals surface area contributed by atoms with E-state index in [2.05, 4.69) is 47.8 Å². The van der Waals surface area contributed by atoms with Gasteiger partial charge in [-0.15, -0.1) is 0 Å². The summed E-state index contributed by atoms with van der Waals surface area (Å²) in [5.41, 5.74) is 3.46. The average molecular weight is 160 g/mol. The minimum Gasteiger partial charge on any atom is -0.307 e. The number of pyridine rings is 1. The lowest BCUT2D eigenvalue weighted by atomic mass is 10.3. The van der Waals surface area contributed by atoms with Crippen LogP contribution in [-0.4, -0.2) is 9.38 Å². The number of aryl methyl sites for hydroxylation is 2. The van der Waals surface area contributed by atoms with Gasteiger partial charge >= 0.3 is 0 Å². The van der Waals surface area contributed by atoms with Crippen molar-refractivity contribution in [3.05, 3.63) is 35.8 Å². The predicted molar refractivity (Wildman–Crippen MR) is 49.3 cm³/mol. The van der Waals surface area contributed by atoms with E-state index in [9.17, 15) is 0 Å². The van der Waals surface area contributed by atoms with E-state index in [-0.39, 0.29) is 0 Å². The van der Waals surface area contributed by atoms with Crippen molar-refractivity contribution >= 4 is 5.65 Å². The van der Waals surface area contributed by atoms with Crippen LogP contribution in [0.3, 0.4) is 0 Å². The van der Waals surface area contributed by atoms with Crippen LogP contribution in [0.5, 0.6) is 0 Å². The minimum absolute atomic E-state index is 1.00. The molecule has 0 N–H and O–H groups in total. The Labute approximate surface area is 71.9 Å². The highest BCUT2D eigenvalue weighted by Crippen LogP contribution is 2.07. The number of nitrogens with zero attached hydrogens (tertiary/aromatic N) is 2. The molecule has 0 aliphatic carbocycles. The zero-order chi connectivity index (χ0) is 8.55. The molecule has 0 aliphatic heterocycles. The summed E-state index contributed by atoms with van der Waals surface area (Å²) in [5, 5.41) is 0. The fourth-order valence-corrected chi connectivity index (χ4v) is 1.33. The Morgan fingerprint density at radius 1 is 1.33 bits per heavy atom. The van der Waals surface area contributed by atoms with Gasteiger partial charge in [0.05, 0.1) is 5.69 Å². The van der Waals surface area contributed by atoms with Crippen molar-refractivity contribution in [3.8, 4) is 0 Å². The van der Waals surface area contributed by atoms with Crippen LogP contribution in [0, 0.1) is 6.92 Å². The van der Waals surface area contributed by atoms with Gasteiger partial charge in [0.15, 0.2) is 0 Å². The summed E-state index contributed by atoms with van der Waals surface area (Å²) in [6.07, 6.45) is 5.19. The molecule has 12 heavy (non-hydrogen) atoms. The third-order valence-electron chi connectivity index (χ3n) is 2.01. The second-order valence-corrected chi connectivity index (χ2v) is 3.06. The van der Waals surface area contributed by atoms with E-state index in [1.807, 2.05) is 0 Å². The van der Waals surface area contributed by atoms with E-state index in [1.165, 1.54) is 5.56 Å². The van der Waals surface area contributed by atoms with Gasteiger partial charge in [0.2, 0.25) is 0 Å². The highest BCUT2D eigenvalue weighted by Gasteiger charge is 1.97. The molecule has 0 saturated heterocycles. The van der Waals surface area contributed by atoms with Crippen LogP contribution in [0.1, 0.15) is 18.2 Å². The Balaban J connectivity index is 2.67. The van der Waals surface area contributed by atoms with Gasteiger partial charge in [-0.1, -0.05) is 13.0 Å². The molecule has 0 radical (unpaired) electrons. The first-order valence-electron chi connectivity index (χ1n) is 4.24. The van der Waals surface area contributed by atoms with Gasteiger partial charge < -0.3 is 4.40 Å². The molecule has 62 valence electrons. The molecule has 2 aromatic rings. The third-order valence-corrected chi connectivity index (χ3v) is 2.01. The molecule has 0 atom stereocenters. The second-order valence-electron chi connectivity index (χ2n) is 3.06. The average Bonchev–Trinajstić information content (AvgIpc) is 2.46. The number of hydrogen-bond acceptors (Lipinski definition) is 1. The number of rotatable bonds is 1. The van der Waals surface area contributed by atoms with Gasteiger partial charge in [-0.25, -0.2) is 4.98 Å². The first kappa shape index (κ1) is 7.35. The second kappa shape index (κ2) is 2.63. The van der Waals surface area contributed by atoms with Crippen LogP contribution in [0.15, 0.2) is 24.5 Å². The summed E-state index contributed by atoms with van der Waals surface area (Å²) in [7, 11) is 0. The van der Waals surface area contributed by atoms with Crippen molar-refractivity contribution < 1.29 is 0 Å². The van der Waals surface area contributed by atoms with Crippen LogP contribution >= 0.6 is 0 Å².